The van der Waals surface area contributed by atoms with E-state index in [2.05, 4.69) is 0 Å². The average Bonchev–Trinajstić information content (AvgIpc) is 3.61. The monoisotopic (exact) mass is 584 g/mol. The molecule has 0 N–H and O–H groups in total. The van der Waals surface area contributed by atoms with E-state index in [0.717, 1.165) is 11.1 Å². The van der Waals surface area contributed by atoms with Gasteiger partial charge in [-0.2, -0.15) is 0 Å². The molecular formula is C32H28N2O7S. The zero-order valence-electron chi connectivity index (χ0n) is 23.3. The Hall–Kier alpha value is -4.83. The first-order chi connectivity index (χ1) is 20.5. The normalized spacial score (nSPS) is 15.7. The lowest BCUT2D eigenvalue weighted by atomic mass is 9.93. The summed E-state index contributed by atoms with van der Waals surface area (Å²) in [6, 6.07) is 19.5. The second-order valence-electron chi connectivity index (χ2n) is 9.39. The van der Waals surface area contributed by atoms with Gasteiger partial charge in [-0.3, -0.25) is 9.36 Å². The van der Waals surface area contributed by atoms with Crippen molar-refractivity contribution in [3.8, 4) is 23.0 Å². The Bertz CT molecular complexity index is 1870. The first-order valence-electron chi connectivity index (χ1n) is 13.5. The third kappa shape index (κ3) is 4.94. The summed E-state index contributed by atoms with van der Waals surface area (Å²) in [6.07, 6.45) is 1.79. The Kier molecular flexibility index (Phi) is 7.54. The van der Waals surface area contributed by atoms with Gasteiger partial charge in [-0.1, -0.05) is 53.8 Å². The maximum Gasteiger partial charge on any atom is 0.338 e. The van der Waals surface area contributed by atoms with Gasteiger partial charge in [0.2, 0.25) is 6.79 Å². The SMILES string of the molecule is CCOC(=O)C1=C(c2ccccc2)N=c2s/c(=C\c3ccc(OCC)c(OC)c3)c(=O)n2[C@H]1c1ccc2c(c1)OCO2. The molecule has 0 aliphatic carbocycles. The van der Waals surface area contributed by atoms with Crippen LogP contribution in [0.3, 0.4) is 0 Å². The smallest absolute Gasteiger partial charge is 0.338 e. The number of esters is 1. The second kappa shape index (κ2) is 11.6. The molecule has 0 bridgehead atoms. The van der Waals surface area contributed by atoms with Crippen molar-refractivity contribution in [2.45, 2.75) is 19.9 Å². The van der Waals surface area contributed by atoms with Crippen molar-refractivity contribution >= 4 is 29.1 Å². The number of rotatable bonds is 8. The summed E-state index contributed by atoms with van der Waals surface area (Å²) in [5, 5.41) is 0. The van der Waals surface area contributed by atoms with E-state index < -0.39 is 12.0 Å². The largest absolute Gasteiger partial charge is 0.493 e. The predicted octanol–water partition coefficient (Wildman–Crippen LogP) is 4.07. The van der Waals surface area contributed by atoms with Gasteiger partial charge in [-0.05, 0) is 55.3 Å². The van der Waals surface area contributed by atoms with Gasteiger partial charge in [-0.25, -0.2) is 9.79 Å². The molecule has 3 heterocycles. The van der Waals surface area contributed by atoms with E-state index in [-0.39, 0.29) is 24.5 Å². The van der Waals surface area contributed by atoms with Gasteiger partial charge < -0.3 is 23.7 Å². The third-order valence-electron chi connectivity index (χ3n) is 6.87. The molecule has 6 rings (SSSR count). The molecule has 10 heteroatoms. The second-order valence-corrected chi connectivity index (χ2v) is 10.4. The number of benzene rings is 3. The quantitative estimate of drug-likeness (QED) is 0.288. The molecule has 9 nitrogen and oxygen atoms in total. The van der Waals surface area contributed by atoms with Crippen molar-refractivity contribution in [2.75, 3.05) is 27.1 Å². The molecule has 0 saturated carbocycles. The van der Waals surface area contributed by atoms with Gasteiger partial charge in [0, 0.05) is 5.56 Å². The lowest BCUT2D eigenvalue weighted by molar-refractivity contribution is -0.138. The van der Waals surface area contributed by atoms with Crippen molar-refractivity contribution < 1.29 is 28.5 Å². The average molecular weight is 585 g/mol. The highest BCUT2D eigenvalue weighted by Crippen LogP contribution is 2.40. The van der Waals surface area contributed by atoms with Crippen LogP contribution in [0.4, 0.5) is 0 Å². The third-order valence-corrected chi connectivity index (χ3v) is 7.85. The Morgan fingerprint density at radius 1 is 1.02 bits per heavy atom. The number of hydrogen-bond donors (Lipinski definition) is 0. The molecule has 4 aromatic rings. The summed E-state index contributed by atoms with van der Waals surface area (Å²) in [7, 11) is 1.57. The fourth-order valence-corrected chi connectivity index (χ4v) is 6.04. The number of methoxy groups -OCH3 is 1. The molecular weight excluding hydrogens is 556 g/mol. The van der Waals surface area contributed by atoms with Crippen molar-refractivity contribution in [3.63, 3.8) is 0 Å². The van der Waals surface area contributed by atoms with Crippen LogP contribution in [0, 0.1) is 0 Å². The predicted molar refractivity (Wildman–Crippen MR) is 158 cm³/mol. The summed E-state index contributed by atoms with van der Waals surface area (Å²) < 4.78 is 29.8. The molecule has 0 spiro atoms. The van der Waals surface area contributed by atoms with E-state index in [0.29, 0.717) is 50.2 Å². The van der Waals surface area contributed by atoms with E-state index in [4.69, 9.17) is 28.7 Å². The molecule has 3 aromatic carbocycles. The maximum atomic E-state index is 14.1. The Labute approximate surface area is 245 Å². The number of thiazole rings is 1. The highest BCUT2D eigenvalue weighted by Gasteiger charge is 2.36. The topological polar surface area (TPSA) is 97.6 Å². The van der Waals surface area contributed by atoms with Gasteiger partial charge in [0.1, 0.15) is 0 Å². The van der Waals surface area contributed by atoms with Gasteiger partial charge >= 0.3 is 5.97 Å². The molecule has 2 aliphatic heterocycles. The highest BCUT2D eigenvalue weighted by atomic mass is 32.1. The molecule has 0 amide bonds. The van der Waals surface area contributed by atoms with Crippen LogP contribution in [0.2, 0.25) is 0 Å². The van der Waals surface area contributed by atoms with Crippen molar-refractivity contribution in [1.29, 1.82) is 0 Å². The summed E-state index contributed by atoms with van der Waals surface area (Å²) in [6.45, 7) is 4.42. The highest BCUT2D eigenvalue weighted by molar-refractivity contribution is 7.07. The van der Waals surface area contributed by atoms with Crippen LogP contribution >= 0.6 is 11.3 Å². The first-order valence-corrected chi connectivity index (χ1v) is 14.3. The lowest BCUT2D eigenvalue weighted by Gasteiger charge is -2.26. The Morgan fingerprint density at radius 3 is 2.60 bits per heavy atom. The van der Waals surface area contributed by atoms with E-state index >= 15 is 0 Å². The standard InChI is InChI=1S/C32H28N2O7S/c1-4-38-22-13-11-19(15-24(22)37-3)16-26-30(35)34-29(21-12-14-23-25(17-21)41-18-40-23)27(31(36)39-5-2)28(33-32(34)42-26)20-9-7-6-8-10-20/h6-17,29H,4-5,18H2,1-3H3/b26-16-/t29-/m0/s1. The zero-order chi connectivity index (χ0) is 29.2. The summed E-state index contributed by atoms with van der Waals surface area (Å²) >= 11 is 1.25. The van der Waals surface area contributed by atoms with Crippen LogP contribution < -0.4 is 33.8 Å². The lowest BCUT2D eigenvalue weighted by Crippen LogP contribution is -2.40. The van der Waals surface area contributed by atoms with E-state index in [9.17, 15) is 9.59 Å². The van der Waals surface area contributed by atoms with Crippen molar-refractivity contribution in [3.05, 3.63) is 109 Å². The number of fused-ring (bicyclic) bond motifs is 2. The Morgan fingerprint density at radius 2 is 1.83 bits per heavy atom. The maximum absolute atomic E-state index is 14.1. The van der Waals surface area contributed by atoms with Gasteiger partial charge in [-0.15, -0.1) is 0 Å². The minimum absolute atomic E-state index is 0.100. The Balaban J connectivity index is 1.60. The molecule has 0 saturated heterocycles. The van der Waals surface area contributed by atoms with Crippen LogP contribution in [-0.2, 0) is 9.53 Å². The van der Waals surface area contributed by atoms with Gasteiger partial charge in [0.15, 0.2) is 27.8 Å². The van der Waals surface area contributed by atoms with Gasteiger partial charge in [0.05, 0.1) is 42.2 Å². The van der Waals surface area contributed by atoms with Crippen LogP contribution in [0.5, 0.6) is 23.0 Å². The minimum atomic E-state index is -0.818. The minimum Gasteiger partial charge on any atom is -0.493 e. The molecule has 2 aliphatic rings. The van der Waals surface area contributed by atoms with Crippen molar-refractivity contribution in [1.82, 2.24) is 4.57 Å². The molecule has 214 valence electrons. The van der Waals surface area contributed by atoms with Crippen LogP contribution in [-0.4, -0.2) is 37.7 Å². The van der Waals surface area contributed by atoms with Crippen LogP contribution in [0.1, 0.15) is 36.6 Å². The van der Waals surface area contributed by atoms with E-state index in [1.54, 1.807) is 36.8 Å². The molecule has 0 radical (unpaired) electrons. The molecule has 1 aromatic heterocycles. The fraction of sp³-hybridized carbons (Fsp3) is 0.219. The number of ether oxygens (including phenoxy) is 5. The summed E-state index contributed by atoms with van der Waals surface area (Å²) in [4.78, 5) is 33.1. The van der Waals surface area contributed by atoms with E-state index in [1.807, 2.05) is 61.5 Å². The zero-order valence-corrected chi connectivity index (χ0v) is 24.1. The molecule has 42 heavy (non-hydrogen) atoms. The van der Waals surface area contributed by atoms with Crippen LogP contribution in [0.25, 0.3) is 11.8 Å². The summed E-state index contributed by atoms with van der Waals surface area (Å²) in [5.74, 6) is 1.77. The number of hydrogen-bond acceptors (Lipinski definition) is 9. The molecule has 1 atom stereocenters. The summed E-state index contributed by atoms with van der Waals surface area (Å²) in [5.41, 5.74) is 2.59. The molecule has 0 unspecified atom stereocenters. The van der Waals surface area contributed by atoms with E-state index in [1.165, 1.54) is 11.3 Å². The number of carbonyl (C=O) groups is 1. The fourth-order valence-electron chi connectivity index (χ4n) is 5.04. The number of aromatic nitrogens is 1. The van der Waals surface area contributed by atoms with Crippen LogP contribution in [0.15, 0.2) is 82.1 Å². The van der Waals surface area contributed by atoms with Gasteiger partial charge in [0.25, 0.3) is 5.56 Å². The molecule has 0 fully saturated rings. The number of nitrogens with zero attached hydrogens (tertiary/aromatic N) is 2. The first kappa shape index (κ1) is 27.3. The number of carbonyl (C=O) groups excluding carboxylic acids is 1. The van der Waals surface area contributed by atoms with Crippen molar-refractivity contribution in [2.24, 2.45) is 4.99 Å².